The van der Waals surface area contributed by atoms with Crippen molar-refractivity contribution >= 4 is 0 Å². The van der Waals surface area contributed by atoms with Crippen LogP contribution in [0, 0.1) is 5.41 Å². The lowest BCUT2D eigenvalue weighted by molar-refractivity contribution is -0.114. The van der Waals surface area contributed by atoms with Crippen LogP contribution in [0.4, 0.5) is 0 Å². The third kappa shape index (κ3) is 3.42. The maximum atomic E-state index is 9.20. The van der Waals surface area contributed by atoms with Gasteiger partial charge in [0.25, 0.3) is 0 Å². The Morgan fingerprint density at radius 2 is 2.06 bits per heavy atom. The molecule has 0 radical (unpaired) electrons. The van der Waals surface area contributed by atoms with Gasteiger partial charge < -0.3 is 15.6 Å². The first-order valence-electron chi connectivity index (χ1n) is 6.09. The van der Waals surface area contributed by atoms with Gasteiger partial charge >= 0.3 is 0 Å². The van der Waals surface area contributed by atoms with Crippen LogP contribution in [0.3, 0.4) is 0 Å². The summed E-state index contributed by atoms with van der Waals surface area (Å²) in [6.45, 7) is 11.1. The van der Waals surface area contributed by atoms with E-state index in [2.05, 4.69) is 25.7 Å². The average Bonchev–Trinajstić information content (AvgIpc) is 2.15. The minimum atomic E-state index is -0.0693. The summed E-state index contributed by atoms with van der Waals surface area (Å²) >= 11 is 0. The zero-order valence-corrected chi connectivity index (χ0v) is 10.9. The molecule has 0 spiro atoms. The van der Waals surface area contributed by atoms with Gasteiger partial charge in [-0.1, -0.05) is 20.8 Å². The predicted molar refractivity (Wildman–Crippen MR) is 65.3 cm³/mol. The second-order valence-corrected chi connectivity index (χ2v) is 5.82. The van der Waals surface area contributed by atoms with Crippen LogP contribution in [0.5, 0.6) is 0 Å². The Morgan fingerprint density at radius 1 is 1.44 bits per heavy atom. The van der Waals surface area contributed by atoms with E-state index < -0.39 is 0 Å². The monoisotopic (exact) mass is 230 g/mol. The molecule has 4 heteroatoms. The largest absolute Gasteiger partial charge is 0.394 e. The number of hydrogen-bond donors (Lipinski definition) is 2. The van der Waals surface area contributed by atoms with Crippen molar-refractivity contribution in [3.63, 3.8) is 0 Å². The molecule has 1 aliphatic rings. The first-order valence-corrected chi connectivity index (χ1v) is 6.09. The fraction of sp³-hybridized carbons (Fsp3) is 1.00. The first-order chi connectivity index (χ1) is 7.38. The van der Waals surface area contributed by atoms with Crippen LogP contribution in [0.2, 0.25) is 0 Å². The molecule has 0 saturated carbocycles. The van der Waals surface area contributed by atoms with Crippen LogP contribution < -0.4 is 5.73 Å². The predicted octanol–water partition coefficient (Wildman–Crippen LogP) is 0.441. The van der Waals surface area contributed by atoms with E-state index in [1.54, 1.807) is 0 Å². The van der Waals surface area contributed by atoms with Crippen LogP contribution in [-0.4, -0.2) is 54.5 Å². The van der Waals surface area contributed by atoms with Gasteiger partial charge in [-0.2, -0.15) is 0 Å². The number of hydrogen-bond acceptors (Lipinski definition) is 4. The number of morpholine rings is 1. The molecule has 16 heavy (non-hydrogen) atoms. The van der Waals surface area contributed by atoms with Crippen LogP contribution >= 0.6 is 0 Å². The third-order valence-corrected chi connectivity index (χ3v) is 3.22. The molecular weight excluding hydrogens is 204 g/mol. The first kappa shape index (κ1) is 13.9. The molecule has 1 heterocycles. The zero-order valence-electron chi connectivity index (χ0n) is 10.9. The molecule has 3 atom stereocenters. The van der Waals surface area contributed by atoms with Gasteiger partial charge in [-0.05, 0) is 12.3 Å². The van der Waals surface area contributed by atoms with Gasteiger partial charge in [0.2, 0.25) is 0 Å². The molecule has 3 N–H and O–H groups in total. The summed E-state index contributed by atoms with van der Waals surface area (Å²) in [5.74, 6) is 0. The number of nitrogens with zero attached hydrogens (tertiary/aromatic N) is 1. The Labute approximate surface area is 98.8 Å². The highest BCUT2D eigenvalue weighted by molar-refractivity contribution is 4.88. The molecule has 0 bridgehead atoms. The Hall–Kier alpha value is -0.160. The Kier molecular flexibility index (Phi) is 4.73. The van der Waals surface area contributed by atoms with Gasteiger partial charge in [-0.25, -0.2) is 0 Å². The summed E-state index contributed by atoms with van der Waals surface area (Å²) in [4.78, 5) is 2.36. The Balaban J connectivity index is 2.70. The maximum Gasteiger partial charge on any atom is 0.0936 e. The molecule has 3 unspecified atom stereocenters. The molecule has 0 amide bonds. The SMILES string of the molecule is CC1CN(C(CN)C(C)(C)C)CC(CO)O1. The molecule has 0 aliphatic carbocycles. The number of nitrogens with two attached hydrogens (primary N) is 1. The number of rotatable bonds is 3. The average molecular weight is 230 g/mol. The highest BCUT2D eigenvalue weighted by Crippen LogP contribution is 2.26. The fourth-order valence-corrected chi connectivity index (χ4v) is 2.49. The van der Waals surface area contributed by atoms with E-state index in [1.807, 2.05) is 6.92 Å². The van der Waals surface area contributed by atoms with Crippen molar-refractivity contribution in [3.05, 3.63) is 0 Å². The summed E-state index contributed by atoms with van der Waals surface area (Å²) < 4.78 is 5.64. The fourth-order valence-electron chi connectivity index (χ4n) is 2.49. The van der Waals surface area contributed by atoms with Crippen LogP contribution in [0.15, 0.2) is 0 Å². The normalized spacial score (nSPS) is 30.4. The Morgan fingerprint density at radius 3 is 2.50 bits per heavy atom. The highest BCUT2D eigenvalue weighted by Gasteiger charge is 2.34. The number of aliphatic hydroxyl groups is 1. The molecule has 0 aromatic carbocycles. The molecule has 0 aromatic rings. The van der Waals surface area contributed by atoms with E-state index in [4.69, 9.17) is 10.5 Å². The molecule has 4 nitrogen and oxygen atoms in total. The van der Waals surface area contributed by atoms with Gasteiger partial charge in [0.05, 0.1) is 18.8 Å². The van der Waals surface area contributed by atoms with Crippen LogP contribution in [-0.2, 0) is 4.74 Å². The van der Waals surface area contributed by atoms with E-state index in [0.717, 1.165) is 13.1 Å². The summed E-state index contributed by atoms with van der Waals surface area (Å²) in [5.41, 5.74) is 6.04. The second-order valence-electron chi connectivity index (χ2n) is 5.82. The molecule has 96 valence electrons. The molecule has 1 saturated heterocycles. The van der Waals surface area contributed by atoms with E-state index >= 15 is 0 Å². The minimum Gasteiger partial charge on any atom is -0.394 e. The molecule has 1 aliphatic heterocycles. The van der Waals surface area contributed by atoms with Gasteiger partial charge in [0, 0.05) is 25.7 Å². The zero-order chi connectivity index (χ0) is 12.3. The second kappa shape index (κ2) is 5.45. The quantitative estimate of drug-likeness (QED) is 0.739. The van der Waals surface area contributed by atoms with Crippen molar-refractivity contribution in [1.82, 2.24) is 4.90 Å². The van der Waals surface area contributed by atoms with Crippen LogP contribution in [0.1, 0.15) is 27.7 Å². The van der Waals surface area contributed by atoms with E-state index in [1.165, 1.54) is 0 Å². The molecule has 0 aromatic heterocycles. The summed E-state index contributed by atoms with van der Waals surface area (Å²) in [6, 6.07) is 0.341. The van der Waals surface area contributed by atoms with Crippen molar-refractivity contribution in [3.8, 4) is 0 Å². The third-order valence-electron chi connectivity index (χ3n) is 3.22. The summed E-state index contributed by atoms with van der Waals surface area (Å²) in [6.07, 6.45) is 0.0995. The Bertz CT molecular complexity index is 216. The molecule has 1 rings (SSSR count). The summed E-state index contributed by atoms with van der Waals surface area (Å²) in [7, 11) is 0. The summed E-state index contributed by atoms with van der Waals surface area (Å²) in [5, 5.41) is 9.20. The molecular formula is C12H26N2O2. The van der Waals surface area contributed by atoms with Crippen molar-refractivity contribution in [2.75, 3.05) is 26.2 Å². The molecule has 1 fully saturated rings. The van der Waals surface area contributed by atoms with Crippen molar-refractivity contribution in [2.45, 2.75) is 45.9 Å². The smallest absolute Gasteiger partial charge is 0.0936 e. The van der Waals surface area contributed by atoms with E-state index in [9.17, 15) is 5.11 Å². The van der Waals surface area contributed by atoms with Crippen molar-refractivity contribution < 1.29 is 9.84 Å². The van der Waals surface area contributed by atoms with E-state index in [-0.39, 0.29) is 24.2 Å². The van der Waals surface area contributed by atoms with Crippen LogP contribution in [0.25, 0.3) is 0 Å². The van der Waals surface area contributed by atoms with Gasteiger partial charge in [0.1, 0.15) is 0 Å². The maximum absolute atomic E-state index is 9.20. The highest BCUT2D eigenvalue weighted by atomic mass is 16.5. The van der Waals surface area contributed by atoms with Crippen molar-refractivity contribution in [2.24, 2.45) is 11.1 Å². The minimum absolute atomic E-state index is 0.0693. The van der Waals surface area contributed by atoms with Gasteiger partial charge in [-0.15, -0.1) is 0 Å². The standard InChI is InChI=1S/C12H26N2O2/c1-9-6-14(7-10(8-15)16-9)11(5-13)12(2,3)4/h9-11,15H,5-8,13H2,1-4H3. The van der Waals surface area contributed by atoms with E-state index in [0.29, 0.717) is 12.6 Å². The number of ether oxygens (including phenoxy) is 1. The van der Waals surface area contributed by atoms with Crippen molar-refractivity contribution in [1.29, 1.82) is 0 Å². The lowest BCUT2D eigenvalue weighted by atomic mass is 9.85. The number of aliphatic hydroxyl groups excluding tert-OH is 1. The topological polar surface area (TPSA) is 58.7 Å². The lowest BCUT2D eigenvalue weighted by Crippen LogP contribution is -2.57. The lowest BCUT2D eigenvalue weighted by Gasteiger charge is -2.45. The van der Waals surface area contributed by atoms with Gasteiger partial charge in [0.15, 0.2) is 0 Å². The van der Waals surface area contributed by atoms with Gasteiger partial charge in [-0.3, -0.25) is 4.90 Å².